The second-order valence-electron chi connectivity index (χ2n) is 3.86. The minimum Gasteiger partial charge on any atom is -0.255 e. The van der Waals surface area contributed by atoms with Crippen LogP contribution < -0.4 is 0 Å². The SMILES string of the molecule is O=S(/C=C/c1ccc(I)cc1)Cc1ccccc1. The van der Waals surface area contributed by atoms with Crippen molar-refractivity contribution in [1.82, 2.24) is 0 Å². The highest BCUT2D eigenvalue weighted by molar-refractivity contribution is 14.1. The van der Waals surface area contributed by atoms with E-state index >= 15 is 0 Å². The van der Waals surface area contributed by atoms with Crippen LogP contribution in [0.4, 0.5) is 0 Å². The lowest BCUT2D eigenvalue weighted by molar-refractivity contribution is 0.688. The molecule has 3 heteroatoms. The molecule has 0 N–H and O–H groups in total. The van der Waals surface area contributed by atoms with Crippen molar-refractivity contribution in [2.45, 2.75) is 5.75 Å². The number of halogens is 1. The van der Waals surface area contributed by atoms with Gasteiger partial charge in [0.15, 0.2) is 0 Å². The van der Waals surface area contributed by atoms with Crippen LogP contribution in [0.25, 0.3) is 6.08 Å². The van der Waals surface area contributed by atoms with Gasteiger partial charge in [-0.2, -0.15) is 0 Å². The third-order valence-corrected chi connectivity index (χ3v) is 4.21. The van der Waals surface area contributed by atoms with Crippen molar-refractivity contribution in [2.75, 3.05) is 0 Å². The number of rotatable bonds is 4. The quantitative estimate of drug-likeness (QED) is 0.739. The summed E-state index contributed by atoms with van der Waals surface area (Å²) in [6, 6.07) is 18.0. The van der Waals surface area contributed by atoms with Crippen LogP contribution in [-0.2, 0) is 16.6 Å². The lowest BCUT2D eigenvalue weighted by atomic mass is 10.2. The summed E-state index contributed by atoms with van der Waals surface area (Å²) < 4.78 is 13.1. The standard InChI is InChI=1S/C15H13IOS/c16-15-8-6-13(7-9-15)10-11-18(17)12-14-4-2-1-3-5-14/h1-11H,12H2/b11-10+. The molecule has 0 aliphatic heterocycles. The molecule has 0 spiro atoms. The van der Waals surface area contributed by atoms with Crippen LogP contribution in [0.2, 0.25) is 0 Å². The topological polar surface area (TPSA) is 17.1 Å². The van der Waals surface area contributed by atoms with Crippen molar-refractivity contribution in [1.29, 1.82) is 0 Å². The zero-order valence-electron chi connectivity index (χ0n) is 9.75. The van der Waals surface area contributed by atoms with E-state index < -0.39 is 10.8 Å². The number of benzene rings is 2. The molecule has 0 aliphatic rings. The van der Waals surface area contributed by atoms with Crippen molar-refractivity contribution in [2.24, 2.45) is 0 Å². The van der Waals surface area contributed by atoms with Gasteiger partial charge in [-0.1, -0.05) is 42.5 Å². The highest BCUT2D eigenvalue weighted by Crippen LogP contribution is 2.10. The summed E-state index contributed by atoms with van der Waals surface area (Å²) >= 11 is 2.27. The van der Waals surface area contributed by atoms with Crippen LogP contribution >= 0.6 is 22.6 Å². The molecule has 0 aromatic heterocycles. The lowest BCUT2D eigenvalue weighted by Gasteiger charge is -1.97. The first kappa shape index (κ1) is 13.5. The Morgan fingerprint density at radius 3 is 2.33 bits per heavy atom. The fraction of sp³-hybridized carbons (Fsp3) is 0.0667. The monoisotopic (exact) mass is 368 g/mol. The van der Waals surface area contributed by atoms with E-state index in [1.54, 1.807) is 5.41 Å². The van der Waals surface area contributed by atoms with Crippen molar-refractivity contribution in [3.8, 4) is 0 Å². The molecule has 0 bridgehead atoms. The first-order valence-electron chi connectivity index (χ1n) is 5.59. The Balaban J connectivity index is 1.97. The van der Waals surface area contributed by atoms with Gasteiger partial charge in [0.25, 0.3) is 0 Å². The summed E-state index contributed by atoms with van der Waals surface area (Å²) in [5.74, 6) is 0.571. The van der Waals surface area contributed by atoms with E-state index in [1.807, 2.05) is 60.7 Å². The van der Waals surface area contributed by atoms with E-state index in [9.17, 15) is 4.21 Å². The highest BCUT2D eigenvalue weighted by atomic mass is 127. The van der Waals surface area contributed by atoms with Crippen molar-refractivity contribution < 1.29 is 4.21 Å². The molecule has 0 saturated carbocycles. The van der Waals surface area contributed by atoms with Gasteiger partial charge in [-0.25, -0.2) is 0 Å². The van der Waals surface area contributed by atoms with Crippen molar-refractivity contribution in [3.05, 3.63) is 74.7 Å². The van der Waals surface area contributed by atoms with Crippen LogP contribution in [0.15, 0.2) is 60.0 Å². The third kappa shape index (κ3) is 4.38. The zero-order valence-corrected chi connectivity index (χ0v) is 12.7. The fourth-order valence-corrected chi connectivity index (χ4v) is 2.80. The van der Waals surface area contributed by atoms with E-state index in [2.05, 4.69) is 22.6 Å². The molecule has 0 fully saturated rings. The second kappa shape index (κ2) is 6.85. The molecule has 1 nitrogen and oxygen atoms in total. The van der Waals surface area contributed by atoms with Gasteiger partial charge in [-0.15, -0.1) is 0 Å². The zero-order chi connectivity index (χ0) is 12.8. The van der Waals surface area contributed by atoms with E-state index in [-0.39, 0.29) is 0 Å². The van der Waals surface area contributed by atoms with Gasteiger partial charge in [-0.05, 0) is 51.9 Å². The minimum atomic E-state index is -0.959. The van der Waals surface area contributed by atoms with Crippen LogP contribution in [-0.4, -0.2) is 4.21 Å². The Bertz CT molecular complexity index is 546. The van der Waals surface area contributed by atoms with Gasteiger partial charge in [0.1, 0.15) is 0 Å². The van der Waals surface area contributed by atoms with Crippen LogP contribution in [0.3, 0.4) is 0 Å². The van der Waals surface area contributed by atoms with Gasteiger partial charge in [0.2, 0.25) is 0 Å². The van der Waals surface area contributed by atoms with Gasteiger partial charge >= 0.3 is 0 Å². The maximum atomic E-state index is 11.9. The van der Waals surface area contributed by atoms with E-state index in [0.717, 1.165) is 11.1 Å². The number of hydrogen-bond donors (Lipinski definition) is 0. The van der Waals surface area contributed by atoms with Gasteiger partial charge in [0.05, 0.1) is 16.6 Å². The van der Waals surface area contributed by atoms with E-state index in [4.69, 9.17) is 0 Å². The molecular weight excluding hydrogens is 355 g/mol. The molecule has 0 amide bonds. The van der Waals surface area contributed by atoms with Crippen molar-refractivity contribution >= 4 is 39.5 Å². The molecule has 1 unspecified atom stereocenters. The molecule has 18 heavy (non-hydrogen) atoms. The average Bonchev–Trinajstić information content (AvgIpc) is 2.39. The molecule has 2 aromatic rings. The highest BCUT2D eigenvalue weighted by Gasteiger charge is 1.97. The first-order chi connectivity index (χ1) is 8.74. The summed E-state index contributed by atoms with van der Waals surface area (Å²) in [4.78, 5) is 0. The van der Waals surface area contributed by atoms with E-state index in [1.165, 1.54) is 3.57 Å². The molecule has 92 valence electrons. The summed E-state index contributed by atoms with van der Waals surface area (Å²) in [7, 11) is -0.959. The predicted octanol–water partition coefficient (Wildman–Crippen LogP) is 4.21. The summed E-state index contributed by atoms with van der Waals surface area (Å²) in [5, 5.41) is 1.76. The predicted molar refractivity (Wildman–Crippen MR) is 86.5 cm³/mol. The number of hydrogen-bond acceptors (Lipinski definition) is 1. The summed E-state index contributed by atoms with van der Waals surface area (Å²) in [6.45, 7) is 0. The maximum absolute atomic E-state index is 11.9. The summed E-state index contributed by atoms with van der Waals surface area (Å²) in [5.41, 5.74) is 2.18. The Kier molecular flexibility index (Phi) is 5.13. The largest absolute Gasteiger partial charge is 0.255 e. The van der Waals surface area contributed by atoms with Crippen LogP contribution in [0, 0.1) is 3.57 Å². The van der Waals surface area contributed by atoms with Gasteiger partial charge in [0, 0.05) is 8.98 Å². The first-order valence-corrected chi connectivity index (χ1v) is 8.05. The van der Waals surface area contributed by atoms with Crippen LogP contribution in [0.5, 0.6) is 0 Å². The second-order valence-corrected chi connectivity index (χ2v) is 6.43. The van der Waals surface area contributed by atoms with Crippen LogP contribution in [0.1, 0.15) is 11.1 Å². The van der Waals surface area contributed by atoms with E-state index in [0.29, 0.717) is 5.75 Å². The minimum absolute atomic E-state index is 0.571. The molecule has 1 atom stereocenters. The molecule has 0 heterocycles. The molecule has 0 saturated heterocycles. The lowest BCUT2D eigenvalue weighted by Crippen LogP contribution is -1.90. The smallest absolute Gasteiger partial charge is 0.0526 e. The average molecular weight is 368 g/mol. The van der Waals surface area contributed by atoms with Crippen molar-refractivity contribution in [3.63, 3.8) is 0 Å². The van der Waals surface area contributed by atoms with Gasteiger partial charge in [-0.3, -0.25) is 4.21 Å². The molecule has 2 aromatic carbocycles. The Morgan fingerprint density at radius 2 is 1.67 bits per heavy atom. The Labute approximate surface area is 124 Å². The molecule has 0 radical (unpaired) electrons. The van der Waals surface area contributed by atoms with Gasteiger partial charge < -0.3 is 0 Å². The normalized spacial score (nSPS) is 12.7. The Hall–Kier alpha value is -0.940. The fourth-order valence-electron chi connectivity index (χ4n) is 1.51. The summed E-state index contributed by atoms with van der Waals surface area (Å²) in [6.07, 6.45) is 1.91. The Morgan fingerprint density at radius 1 is 1.00 bits per heavy atom. The third-order valence-electron chi connectivity index (χ3n) is 2.43. The molecule has 2 rings (SSSR count). The molecule has 0 aliphatic carbocycles. The maximum Gasteiger partial charge on any atom is 0.0526 e. The molecular formula is C15H13IOS.